The molecule has 1 aliphatic rings. The summed E-state index contributed by atoms with van der Waals surface area (Å²) in [5.74, 6) is 0.760. The summed E-state index contributed by atoms with van der Waals surface area (Å²) >= 11 is 1.80. The van der Waals surface area contributed by atoms with Crippen molar-refractivity contribution in [1.82, 2.24) is 9.88 Å². The van der Waals surface area contributed by atoms with Crippen molar-refractivity contribution >= 4 is 11.3 Å². The number of aromatic nitrogens is 1. The molecular weight excluding hydrogens is 220 g/mol. The minimum Gasteiger partial charge on any atom is -0.395 e. The number of nitrogens with zero attached hydrogens (tertiary/aromatic N) is 2. The molecule has 90 valence electrons. The third kappa shape index (κ3) is 3.27. The zero-order valence-electron chi connectivity index (χ0n) is 9.85. The van der Waals surface area contributed by atoms with Gasteiger partial charge < -0.3 is 5.11 Å². The van der Waals surface area contributed by atoms with Gasteiger partial charge in [-0.05, 0) is 25.8 Å². The van der Waals surface area contributed by atoms with E-state index in [-0.39, 0.29) is 6.61 Å². The number of hydrogen-bond acceptors (Lipinski definition) is 4. The topological polar surface area (TPSA) is 36.4 Å². The second kappa shape index (κ2) is 5.75. The molecule has 0 atom stereocenters. The molecule has 1 aliphatic carbocycles. The molecule has 0 aliphatic heterocycles. The summed E-state index contributed by atoms with van der Waals surface area (Å²) in [6.07, 6.45) is 3.77. The molecule has 0 amide bonds. The number of aliphatic hydroxyl groups is 1. The lowest BCUT2D eigenvalue weighted by Crippen LogP contribution is -2.27. The Morgan fingerprint density at radius 3 is 2.94 bits per heavy atom. The first kappa shape index (κ1) is 12.0. The van der Waals surface area contributed by atoms with E-state index in [1.54, 1.807) is 11.3 Å². The molecule has 1 saturated carbocycles. The first-order chi connectivity index (χ1) is 7.83. The lowest BCUT2D eigenvalue weighted by molar-refractivity contribution is 0.189. The summed E-state index contributed by atoms with van der Waals surface area (Å²) in [4.78, 5) is 6.94. The summed E-state index contributed by atoms with van der Waals surface area (Å²) in [7, 11) is 0. The van der Waals surface area contributed by atoms with E-state index in [1.165, 1.54) is 23.5 Å². The second-order valence-electron chi connectivity index (χ2n) is 4.45. The molecule has 4 heteroatoms. The van der Waals surface area contributed by atoms with Crippen LogP contribution >= 0.6 is 11.3 Å². The van der Waals surface area contributed by atoms with E-state index in [9.17, 15) is 0 Å². The van der Waals surface area contributed by atoms with Crippen molar-refractivity contribution in [3.05, 3.63) is 16.1 Å². The van der Waals surface area contributed by atoms with Gasteiger partial charge in [0.1, 0.15) is 0 Å². The number of thiazole rings is 1. The van der Waals surface area contributed by atoms with E-state index in [0.717, 1.165) is 32.0 Å². The van der Waals surface area contributed by atoms with Gasteiger partial charge in [0.15, 0.2) is 0 Å². The summed E-state index contributed by atoms with van der Waals surface area (Å²) in [5.41, 5.74) is 1.17. The van der Waals surface area contributed by atoms with Crippen LogP contribution in [0, 0.1) is 0 Å². The van der Waals surface area contributed by atoms with Crippen molar-refractivity contribution in [2.75, 3.05) is 19.7 Å². The normalized spacial score (nSPS) is 15.9. The van der Waals surface area contributed by atoms with Gasteiger partial charge in [-0.2, -0.15) is 0 Å². The summed E-state index contributed by atoms with van der Waals surface area (Å²) < 4.78 is 0. The van der Waals surface area contributed by atoms with Crippen molar-refractivity contribution in [3.8, 4) is 0 Å². The van der Waals surface area contributed by atoms with Gasteiger partial charge in [-0.3, -0.25) is 4.90 Å². The average molecular weight is 240 g/mol. The SMILES string of the molecule is CCCN(CCO)Cc1csc(C2CC2)n1. The highest BCUT2D eigenvalue weighted by molar-refractivity contribution is 7.09. The lowest BCUT2D eigenvalue weighted by Gasteiger charge is -2.18. The first-order valence-corrected chi connectivity index (χ1v) is 6.99. The predicted molar refractivity (Wildman–Crippen MR) is 66.7 cm³/mol. The fraction of sp³-hybridized carbons (Fsp3) is 0.750. The van der Waals surface area contributed by atoms with Crippen molar-refractivity contribution in [3.63, 3.8) is 0 Å². The Kier molecular flexibility index (Phi) is 4.32. The maximum absolute atomic E-state index is 8.99. The highest BCUT2D eigenvalue weighted by Gasteiger charge is 2.26. The van der Waals surface area contributed by atoms with Gasteiger partial charge in [-0.1, -0.05) is 6.92 Å². The maximum Gasteiger partial charge on any atom is 0.0959 e. The van der Waals surface area contributed by atoms with Crippen LogP contribution in [0.4, 0.5) is 0 Å². The van der Waals surface area contributed by atoms with E-state index in [1.807, 2.05) is 0 Å². The zero-order valence-corrected chi connectivity index (χ0v) is 10.7. The third-order valence-electron chi connectivity index (χ3n) is 2.84. The van der Waals surface area contributed by atoms with Crippen molar-refractivity contribution < 1.29 is 5.11 Å². The molecule has 16 heavy (non-hydrogen) atoms. The Bertz CT molecular complexity index is 317. The number of hydrogen-bond donors (Lipinski definition) is 1. The van der Waals surface area contributed by atoms with Gasteiger partial charge in [0.25, 0.3) is 0 Å². The van der Waals surface area contributed by atoms with Crippen LogP contribution in [0.15, 0.2) is 5.38 Å². The Balaban J connectivity index is 1.89. The van der Waals surface area contributed by atoms with Gasteiger partial charge in [0, 0.05) is 24.4 Å². The minimum absolute atomic E-state index is 0.236. The predicted octanol–water partition coefficient (Wildman–Crippen LogP) is 2.22. The van der Waals surface area contributed by atoms with E-state index in [0.29, 0.717) is 0 Å². The van der Waals surface area contributed by atoms with Gasteiger partial charge in [0.2, 0.25) is 0 Å². The van der Waals surface area contributed by atoms with Crippen LogP contribution in [-0.4, -0.2) is 34.7 Å². The van der Waals surface area contributed by atoms with E-state index in [2.05, 4.69) is 22.2 Å². The molecule has 0 bridgehead atoms. The Hall–Kier alpha value is -0.450. The van der Waals surface area contributed by atoms with E-state index in [4.69, 9.17) is 5.11 Å². The third-order valence-corrected chi connectivity index (χ3v) is 3.89. The van der Waals surface area contributed by atoms with Gasteiger partial charge in [0.05, 0.1) is 17.3 Å². The fourth-order valence-corrected chi connectivity index (χ4v) is 2.85. The van der Waals surface area contributed by atoms with Crippen LogP contribution < -0.4 is 0 Å². The minimum atomic E-state index is 0.236. The van der Waals surface area contributed by atoms with Crippen molar-refractivity contribution in [2.45, 2.75) is 38.6 Å². The van der Waals surface area contributed by atoms with E-state index >= 15 is 0 Å². The van der Waals surface area contributed by atoms with E-state index < -0.39 is 0 Å². The molecule has 1 aromatic rings. The van der Waals surface area contributed by atoms with Crippen LogP contribution in [-0.2, 0) is 6.54 Å². The molecule has 0 radical (unpaired) electrons. The lowest BCUT2D eigenvalue weighted by atomic mass is 10.3. The first-order valence-electron chi connectivity index (χ1n) is 6.11. The zero-order chi connectivity index (χ0) is 11.4. The molecule has 3 nitrogen and oxygen atoms in total. The fourth-order valence-electron chi connectivity index (χ4n) is 1.87. The molecule has 1 heterocycles. The molecular formula is C12H20N2OS. The van der Waals surface area contributed by atoms with Crippen molar-refractivity contribution in [2.24, 2.45) is 0 Å². The number of aliphatic hydroxyl groups excluding tert-OH is 1. The summed E-state index contributed by atoms with van der Waals surface area (Å²) in [5, 5.41) is 12.5. The summed E-state index contributed by atoms with van der Waals surface area (Å²) in [6, 6.07) is 0. The average Bonchev–Trinajstić information content (AvgIpc) is 3.01. The molecule has 0 saturated heterocycles. The van der Waals surface area contributed by atoms with Crippen LogP contribution in [0.25, 0.3) is 0 Å². The highest BCUT2D eigenvalue weighted by atomic mass is 32.1. The molecule has 1 fully saturated rings. The molecule has 1 aromatic heterocycles. The van der Waals surface area contributed by atoms with Crippen LogP contribution in [0.2, 0.25) is 0 Å². The van der Waals surface area contributed by atoms with Crippen molar-refractivity contribution in [1.29, 1.82) is 0 Å². The summed E-state index contributed by atoms with van der Waals surface area (Å²) in [6.45, 7) is 5.08. The molecule has 2 rings (SSSR count). The molecule has 1 N–H and O–H groups in total. The maximum atomic E-state index is 8.99. The van der Waals surface area contributed by atoms with Gasteiger partial charge in [-0.15, -0.1) is 11.3 Å². The number of rotatable bonds is 7. The van der Waals surface area contributed by atoms with Crippen LogP contribution in [0.3, 0.4) is 0 Å². The molecule has 0 spiro atoms. The Labute approximate surface area is 101 Å². The largest absolute Gasteiger partial charge is 0.395 e. The van der Waals surface area contributed by atoms with Crippen LogP contribution in [0.5, 0.6) is 0 Å². The smallest absolute Gasteiger partial charge is 0.0959 e. The Morgan fingerprint density at radius 1 is 1.50 bits per heavy atom. The quantitative estimate of drug-likeness (QED) is 0.794. The van der Waals surface area contributed by atoms with Crippen LogP contribution in [0.1, 0.15) is 42.8 Å². The van der Waals surface area contributed by atoms with Gasteiger partial charge in [-0.25, -0.2) is 4.98 Å². The Morgan fingerprint density at radius 2 is 2.31 bits per heavy atom. The van der Waals surface area contributed by atoms with Gasteiger partial charge >= 0.3 is 0 Å². The standard InChI is InChI=1S/C12H20N2OS/c1-2-5-14(6-7-15)8-11-9-16-12(13-11)10-3-4-10/h9-10,15H,2-8H2,1H3. The molecule has 0 unspecified atom stereocenters. The molecule has 0 aromatic carbocycles. The second-order valence-corrected chi connectivity index (χ2v) is 5.34. The monoisotopic (exact) mass is 240 g/mol. The highest BCUT2D eigenvalue weighted by Crippen LogP contribution is 2.41.